The molecule has 0 bridgehead atoms. The van der Waals surface area contributed by atoms with Gasteiger partial charge in [-0.3, -0.25) is 0 Å². The first-order valence-electron chi connectivity index (χ1n) is 2.12. The van der Waals surface area contributed by atoms with E-state index < -0.39 is 0 Å². The van der Waals surface area contributed by atoms with Gasteiger partial charge in [-0.15, -0.1) is 0 Å². The van der Waals surface area contributed by atoms with Crippen LogP contribution < -0.4 is 0 Å². The summed E-state index contributed by atoms with van der Waals surface area (Å²) in [6, 6.07) is 0. The fraction of sp³-hybridized carbons (Fsp3) is 0.333. The first kappa shape index (κ1) is 3.66. The van der Waals surface area contributed by atoms with Crippen LogP contribution in [0.4, 0.5) is 0 Å². The molecule has 0 aromatic heterocycles. The van der Waals surface area contributed by atoms with Crippen LogP contribution >= 0.6 is 0 Å². The lowest BCUT2D eigenvalue weighted by Crippen LogP contribution is -1.70. The minimum atomic E-state index is 1.05. The van der Waals surface area contributed by atoms with Gasteiger partial charge in [0.05, 0.1) is 0 Å². The molecular weight excluding hydrogens is 72.1 g/mol. The van der Waals surface area contributed by atoms with Gasteiger partial charge in [0.2, 0.25) is 0 Å². The Morgan fingerprint density at radius 1 is 1.00 bits per heavy atom. The van der Waals surface area contributed by atoms with E-state index in [1.807, 2.05) is 12.2 Å². The summed E-state index contributed by atoms with van der Waals surface area (Å²) >= 11 is 0. The van der Waals surface area contributed by atoms with E-state index in [9.17, 15) is 0 Å². The fourth-order valence-corrected chi connectivity index (χ4v) is 0.429. The Bertz CT molecular complexity index is 66.0. The summed E-state index contributed by atoms with van der Waals surface area (Å²) in [7, 11) is 0. The number of hydrogen-bond acceptors (Lipinski definition) is 0. The highest BCUT2D eigenvalue weighted by Gasteiger charge is 1.79. The fourth-order valence-electron chi connectivity index (χ4n) is 0.429. The normalized spacial score (nSPS) is 18.7. The van der Waals surface area contributed by atoms with Crippen molar-refractivity contribution in [1.29, 1.82) is 0 Å². The maximum absolute atomic E-state index is 3.04. The summed E-state index contributed by atoms with van der Waals surface area (Å²) in [5, 5.41) is 0. The van der Waals surface area contributed by atoms with E-state index in [0.717, 1.165) is 12.8 Å². The molecule has 0 saturated carbocycles. The molecule has 0 saturated heterocycles. The van der Waals surface area contributed by atoms with Gasteiger partial charge in [0.25, 0.3) is 0 Å². The first-order valence-corrected chi connectivity index (χ1v) is 2.12. The molecule has 0 unspecified atom stereocenters. The SMILES string of the molecule is [C]1=CC=[C]CC1. The van der Waals surface area contributed by atoms with E-state index in [4.69, 9.17) is 0 Å². The van der Waals surface area contributed by atoms with Crippen LogP contribution in [0.3, 0.4) is 0 Å². The van der Waals surface area contributed by atoms with Crippen molar-refractivity contribution >= 4 is 0 Å². The highest BCUT2D eigenvalue weighted by molar-refractivity contribution is 4.99. The second-order valence-electron chi connectivity index (χ2n) is 1.24. The van der Waals surface area contributed by atoms with Crippen molar-refractivity contribution in [3.8, 4) is 0 Å². The van der Waals surface area contributed by atoms with Crippen molar-refractivity contribution in [3.63, 3.8) is 0 Å². The molecule has 0 nitrogen and oxygen atoms in total. The number of hydrogen-bond donors (Lipinski definition) is 0. The minimum Gasteiger partial charge on any atom is -0.0585 e. The molecule has 1 rings (SSSR count). The number of allylic oxidation sites excluding steroid dienone is 4. The predicted molar refractivity (Wildman–Crippen MR) is 24.9 cm³/mol. The Labute approximate surface area is 38.2 Å². The Kier molecular flexibility index (Phi) is 1.10. The lowest BCUT2D eigenvalue weighted by molar-refractivity contribution is 0.986. The van der Waals surface area contributed by atoms with Crippen LogP contribution in [0.25, 0.3) is 0 Å². The van der Waals surface area contributed by atoms with Gasteiger partial charge in [0, 0.05) is 0 Å². The lowest BCUT2D eigenvalue weighted by Gasteiger charge is -1.86. The van der Waals surface area contributed by atoms with Crippen molar-refractivity contribution < 1.29 is 0 Å². The molecule has 6 heavy (non-hydrogen) atoms. The molecule has 0 heteroatoms. The zero-order chi connectivity index (χ0) is 4.24. The van der Waals surface area contributed by atoms with Crippen molar-refractivity contribution in [3.05, 3.63) is 24.3 Å². The van der Waals surface area contributed by atoms with Gasteiger partial charge >= 0.3 is 0 Å². The van der Waals surface area contributed by atoms with Crippen LogP contribution in [0, 0.1) is 12.2 Å². The largest absolute Gasteiger partial charge is 0.0585 e. The van der Waals surface area contributed by atoms with Crippen molar-refractivity contribution in [2.24, 2.45) is 0 Å². The predicted octanol–water partition coefficient (Wildman–Crippen LogP) is 1.50. The first-order chi connectivity index (χ1) is 3.00. The smallest absolute Gasteiger partial charge is 0.0235 e. The second kappa shape index (κ2) is 1.81. The Balaban J connectivity index is 2.46. The summed E-state index contributed by atoms with van der Waals surface area (Å²) < 4.78 is 0. The van der Waals surface area contributed by atoms with Crippen LogP contribution in [0.2, 0.25) is 0 Å². The monoisotopic (exact) mass is 78.0 g/mol. The maximum Gasteiger partial charge on any atom is -0.0235 e. The van der Waals surface area contributed by atoms with E-state index in [-0.39, 0.29) is 0 Å². The summed E-state index contributed by atoms with van der Waals surface area (Å²) in [6.07, 6.45) is 12.0. The molecule has 0 spiro atoms. The highest BCUT2D eigenvalue weighted by Crippen LogP contribution is 1.95. The van der Waals surface area contributed by atoms with E-state index >= 15 is 0 Å². The molecule has 1 aliphatic carbocycles. The van der Waals surface area contributed by atoms with Crippen molar-refractivity contribution in [2.45, 2.75) is 12.8 Å². The van der Waals surface area contributed by atoms with E-state index in [2.05, 4.69) is 12.2 Å². The summed E-state index contributed by atoms with van der Waals surface area (Å²) in [4.78, 5) is 0. The van der Waals surface area contributed by atoms with Gasteiger partial charge in [-0.25, -0.2) is 0 Å². The molecule has 2 radical (unpaired) electrons. The van der Waals surface area contributed by atoms with E-state index in [0.29, 0.717) is 0 Å². The van der Waals surface area contributed by atoms with Gasteiger partial charge in [0.1, 0.15) is 0 Å². The van der Waals surface area contributed by atoms with Gasteiger partial charge in [-0.2, -0.15) is 0 Å². The summed E-state index contributed by atoms with van der Waals surface area (Å²) in [6.45, 7) is 0. The standard InChI is InChI=1S/C6H6/c1-2-4-6-5-3-1/h1-2H,5-6H2. The molecule has 0 fully saturated rings. The maximum atomic E-state index is 3.04. The summed E-state index contributed by atoms with van der Waals surface area (Å²) in [5.41, 5.74) is 0. The average molecular weight is 78.1 g/mol. The van der Waals surface area contributed by atoms with Crippen molar-refractivity contribution in [1.82, 2.24) is 0 Å². The van der Waals surface area contributed by atoms with Crippen LogP contribution in [0.5, 0.6) is 0 Å². The second-order valence-corrected chi connectivity index (χ2v) is 1.24. The molecule has 0 atom stereocenters. The summed E-state index contributed by atoms with van der Waals surface area (Å²) in [5.74, 6) is 0. The van der Waals surface area contributed by atoms with E-state index in [1.165, 1.54) is 0 Å². The molecule has 0 aromatic rings. The molecule has 0 amide bonds. The molecule has 0 heterocycles. The van der Waals surface area contributed by atoms with E-state index in [1.54, 1.807) is 0 Å². The van der Waals surface area contributed by atoms with Crippen LogP contribution in [-0.2, 0) is 0 Å². The quantitative estimate of drug-likeness (QED) is 0.412. The van der Waals surface area contributed by atoms with Gasteiger partial charge in [-0.05, 0) is 25.0 Å². The molecule has 0 aromatic carbocycles. The molecule has 0 aliphatic heterocycles. The van der Waals surface area contributed by atoms with Gasteiger partial charge in [-0.1, -0.05) is 12.2 Å². The number of rotatable bonds is 0. The van der Waals surface area contributed by atoms with Crippen LogP contribution in [0.15, 0.2) is 12.2 Å². The molecule has 30 valence electrons. The Morgan fingerprint density at radius 2 is 1.50 bits per heavy atom. The zero-order valence-corrected chi connectivity index (χ0v) is 3.57. The zero-order valence-electron chi connectivity index (χ0n) is 3.57. The average Bonchev–Trinajstić information content (AvgIpc) is 1.72. The van der Waals surface area contributed by atoms with Gasteiger partial charge in [0.15, 0.2) is 0 Å². The lowest BCUT2D eigenvalue weighted by atomic mass is 10.2. The third-order valence-electron chi connectivity index (χ3n) is 0.733. The highest BCUT2D eigenvalue weighted by atomic mass is 13.8. The molecule has 0 N–H and O–H groups in total. The van der Waals surface area contributed by atoms with Crippen molar-refractivity contribution in [2.75, 3.05) is 0 Å². The molecular formula is C6H6. The topological polar surface area (TPSA) is 0 Å². The molecule has 1 aliphatic rings. The van der Waals surface area contributed by atoms with Crippen LogP contribution in [-0.4, -0.2) is 0 Å². The minimum absolute atomic E-state index is 1.05. The third-order valence-corrected chi connectivity index (χ3v) is 0.733. The van der Waals surface area contributed by atoms with Crippen LogP contribution in [0.1, 0.15) is 12.8 Å². The Morgan fingerprint density at radius 3 is 1.67 bits per heavy atom. The van der Waals surface area contributed by atoms with Gasteiger partial charge < -0.3 is 0 Å². The Hall–Kier alpha value is -0.520. The third kappa shape index (κ3) is 0.713.